The van der Waals surface area contributed by atoms with Crippen LogP contribution in [0, 0.1) is 19.7 Å². The fraction of sp³-hybridized carbons (Fsp3) is 0.235. The second-order valence-corrected chi connectivity index (χ2v) is 6.40. The Balaban J connectivity index is 1.91. The minimum atomic E-state index is -0.338. The normalized spacial score (nSPS) is 10.5. The van der Waals surface area contributed by atoms with Gasteiger partial charge in [-0.25, -0.2) is 4.39 Å². The standard InChI is InChI=1S/C17H17ClFNOS/c1-11-5-3-6-12(2)17(11)20-16(21)10-22-9-13-14(18)7-4-8-15(13)19/h3-8H,9-10H2,1-2H3,(H,20,21). The van der Waals surface area contributed by atoms with Gasteiger partial charge in [-0.2, -0.15) is 0 Å². The summed E-state index contributed by atoms with van der Waals surface area (Å²) in [5.41, 5.74) is 3.33. The van der Waals surface area contributed by atoms with Crippen LogP contribution in [-0.2, 0) is 10.5 Å². The summed E-state index contributed by atoms with van der Waals surface area (Å²) in [6.07, 6.45) is 0. The molecule has 0 aliphatic carbocycles. The molecule has 2 aromatic carbocycles. The van der Waals surface area contributed by atoms with Gasteiger partial charge in [0.05, 0.1) is 5.75 Å². The summed E-state index contributed by atoms with van der Waals surface area (Å²) in [5, 5.41) is 3.30. The Bertz CT molecular complexity index is 650. The lowest BCUT2D eigenvalue weighted by molar-refractivity contribution is -0.113. The van der Waals surface area contributed by atoms with Crippen LogP contribution in [0.25, 0.3) is 0 Å². The van der Waals surface area contributed by atoms with E-state index in [1.54, 1.807) is 12.1 Å². The Hall–Kier alpha value is -1.52. The molecule has 0 bridgehead atoms. The van der Waals surface area contributed by atoms with E-state index in [2.05, 4.69) is 5.32 Å². The molecule has 0 saturated heterocycles. The molecule has 2 nitrogen and oxygen atoms in total. The number of nitrogens with one attached hydrogen (secondary N) is 1. The second kappa shape index (κ2) is 7.65. The first-order valence-corrected chi connectivity index (χ1v) is 8.39. The van der Waals surface area contributed by atoms with Crippen molar-refractivity contribution < 1.29 is 9.18 Å². The van der Waals surface area contributed by atoms with Crippen LogP contribution < -0.4 is 5.32 Å². The highest BCUT2D eigenvalue weighted by Crippen LogP contribution is 2.24. The van der Waals surface area contributed by atoms with Gasteiger partial charge in [-0.3, -0.25) is 4.79 Å². The highest BCUT2D eigenvalue weighted by Gasteiger charge is 2.10. The van der Waals surface area contributed by atoms with Crippen LogP contribution >= 0.6 is 23.4 Å². The summed E-state index contributed by atoms with van der Waals surface area (Å²) in [5.74, 6) is 0.175. The van der Waals surface area contributed by atoms with Crippen LogP contribution in [-0.4, -0.2) is 11.7 Å². The van der Waals surface area contributed by atoms with E-state index in [1.165, 1.54) is 17.8 Å². The minimum Gasteiger partial charge on any atom is -0.325 e. The lowest BCUT2D eigenvalue weighted by atomic mass is 10.1. The number of para-hydroxylation sites is 1. The highest BCUT2D eigenvalue weighted by atomic mass is 35.5. The summed E-state index contributed by atoms with van der Waals surface area (Å²) in [6, 6.07) is 10.5. The molecule has 22 heavy (non-hydrogen) atoms. The molecule has 0 aromatic heterocycles. The Morgan fingerprint density at radius 2 is 1.82 bits per heavy atom. The number of carbonyl (C=O) groups is 1. The van der Waals surface area contributed by atoms with Crippen LogP contribution in [0.3, 0.4) is 0 Å². The fourth-order valence-corrected chi connectivity index (χ4v) is 3.27. The third-order valence-electron chi connectivity index (χ3n) is 3.29. The summed E-state index contributed by atoms with van der Waals surface area (Å²) in [4.78, 5) is 12.0. The number of halogens is 2. The zero-order valence-electron chi connectivity index (χ0n) is 12.5. The van der Waals surface area contributed by atoms with Crippen LogP contribution in [0.2, 0.25) is 5.02 Å². The molecule has 0 saturated carbocycles. The lowest BCUT2D eigenvalue weighted by Gasteiger charge is -2.11. The van der Waals surface area contributed by atoms with E-state index in [1.807, 2.05) is 32.0 Å². The number of anilines is 1. The van der Waals surface area contributed by atoms with Crippen molar-refractivity contribution in [1.82, 2.24) is 0 Å². The van der Waals surface area contributed by atoms with Gasteiger partial charge in [0, 0.05) is 22.0 Å². The maximum absolute atomic E-state index is 13.6. The summed E-state index contributed by atoms with van der Waals surface area (Å²) in [6.45, 7) is 3.91. The van der Waals surface area contributed by atoms with Gasteiger partial charge in [0.1, 0.15) is 5.82 Å². The molecule has 2 rings (SSSR count). The zero-order chi connectivity index (χ0) is 16.1. The third kappa shape index (κ3) is 4.24. The van der Waals surface area contributed by atoms with Crippen molar-refractivity contribution in [3.63, 3.8) is 0 Å². The molecule has 0 unspecified atom stereocenters. The molecule has 1 N–H and O–H groups in total. The molecule has 0 spiro atoms. The maximum atomic E-state index is 13.6. The molecule has 2 aromatic rings. The van der Waals surface area contributed by atoms with Crippen LogP contribution in [0.4, 0.5) is 10.1 Å². The van der Waals surface area contributed by atoms with Crippen molar-refractivity contribution in [3.8, 4) is 0 Å². The smallest absolute Gasteiger partial charge is 0.234 e. The van der Waals surface area contributed by atoms with Gasteiger partial charge in [-0.05, 0) is 37.1 Å². The van der Waals surface area contributed by atoms with Gasteiger partial charge >= 0.3 is 0 Å². The van der Waals surface area contributed by atoms with Gasteiger partial charge in [0.15, 0.2) is 0 Å². The quantitative estimate of drug-likeness (QED) is 0.834. The van der Waals surface area contributed by atoms with E-state index < -0.39 is 0 Å². The van der Waals surface area contributed by atoms with E-state index in [-0.39, 0.29) is 17.5 Å². The number of rotatable bonds is 5. The van der Waals surface area contributed by atoms with Crippen molar-refractivity contribution in [3.05, 3.63) is 63.9 Å². The first kappa shape index (κ1) is 16.8. The van der Waals surface area contributed by atoms with E-state index in [9.17, 15) is 9.18 Å². The molecule has 0 atom stereocenters. The molecule has 0 aliphatic rings. The molecular formula is C17H17ClFNOS. The fourth-order valence-electron chi connectivity index (χ4n) is 2.10. The van der Waals surface area contributed by atoms with Crippen LogP contribution in [0.1, 0.15) is 16.7 Å². The molecule has 116 valence electrons. The van der Waals surface area contributed by atoms with Crippen LogP contribution in [0.15, 0.2) is 36.4 Å². The molecule has 5 heteroatoms. The average Bonchev–Trinajstić information content (AvgIpc) is 2.46. The molecule has 0 fully saturated rings. The largest absolute Gasteiger partial charge is 0.325 e. The monoisotopic (exact) mass is 337 g/mol. The van der Waals surface area contributed by atoms with E-state index in [0.717, 1.165) is 16.8 Å². The Morgan fingerprint density at radius 3 is 2.45 bits per heavy atom. The van der Waals surface area contributed by atoms with Gasteiger partial charge in [-0.15, -0.1) is 11.8 Å². The van der Waals surface area contributed by atoms with Crippen molar-refractivity contribution in [2.75, 3.05) is 11.1 Å². The van der Waals surface area contributed by atoms with Gasteiger partial charge in [0.2, 0.25) is 5.91 Å². The molecule has 1 amide bonds. The van der Waals surface area contributed by atoms with Gasteiger partial charge in [-0.1, -0.05) is 35.9 Å². The number of benzene rings is 2. The first-order chi connectivity index (χ1) is 10.5. The number of aryl methyl sites for hydroxylation is 2. The number of amides is 1. The Morgan fingerprint density at radius 1 is 1.18 bits per heavy atom. The summed E-state index contributed by atoms with van der Waals surface area (Å²) < 4.78 is 13.6. The van der Waals surface area contributed by atoms with E-state index in [4.69, 9.17) is 11.6 Å². The van der Waals surface area contributed by atoms with Gasteiger partial charge < -0.3 is 5.32 Å². The Kier molecular flexibility index (Phi) is 5.86. The molecular weight excluding hydrogens is 321 g/mol. The average molecular weight is 338 g/mol. The van der Waals surface area contributed by atoms with Crippen molar-refractivity contribution in [1.29, 1.82) is 0 Å². The van der Waals surface area contributed by atoms with Crippen LogP contribution in [0.5, 0.6) is 0 Å². The van der Waals surface area contributed by atoms with Gasteiger partial charge in [0.25, 0.3) is 0 Å². The third-order valence-corrected chi connectivity index (χ3v) is 4.60. The lowest BCUT2D eigenvalue weighted by Crippen LogP contribution is -2.16. The first-order valence-electron chi connectivity index (χ1n) is 6.85. The molecule has 0 aliphatic heterocycles. The number of carbonyl (C=O) groups excluding carboxylic acids is 1. The Labute approximate surface area is 139 Å². The zero-order valence-corrected chi connectivity index (χ0v) is 14.0. The van der Waals surface area contributed by atoms with E-state index in [0.29, 0.717) is 16.3 Å². The number of thioether (sulfide) groups is 1. The predicted octanol–water partition coefficient (Wildman–Crippen LogP) is 4.97. The second-order valence-electron chi connectivity index (χ2n) is 5.01. The van der Waals surface area contributed by atoms with Crippen molar-refractivity contribution in [2.45, 2.75) is 19.6 Å². The topological polar surface area (TPSA) is 29.1 Å². The van der Waals surface area contributed by atoms with Crippen molar-refractivity contribution in [2.24, 2.45) is 0 Å². The summed E-state index contributed by atoms with van der Waals surface area (Å²) >= 11 is 7.30. The number of hydrogen-bond acceptors (Lipinski definition) is 2. The minimum absolute atomic E-state index is 0.102. The highest BCUT2D eigenvalue weighted by molar-refractivity contribution is 7.99. The SMILES string of the molecule is Cc1cccc(C)c1NC(=O)CSCc1c(F)cccc1Cl. The van der Waals surface area contributed by atoms with E-state index >= 15 is 0 Å². The molecule has 0 heterocycles. The maximum Gasteiger partial charge on any atom is 0.234 e. The summed E-state index contributed by atoms with van der Waals surface area (Å²) in [7, 11) is 0. The van der Waals surface area contributed by atoms with Crippen molar-refractivity contribution >= 4 is 35.0 Å². The number of hydrogen-bond donors (Lipinski definition) is 1. The predicted molar refractivity (Wildman–Crippen MR) is 92.1 cm³/mol. The molecule has 0 radical (unpaired) electrons.